The lowest BCUT2D eigenvalue weighted by atomic mass is 10.3. The number of hydrogen-bond donors (Lipinski definition) is 3. The maximum Gasteiger partial charge on any atom is 0.320 e. The summed E-state index contributed by atoms with van der Waals surface area (Å²) in [5.74, 6) is 7.22. The molecule has 0 rings (SSSR count). The van der Waals surface area contributed by atoms with Gasteiger partial charge in [0.2, 0.25) is 0 Å². The van der Waals surface area contributed by atoms with Gasteiger partial charge in [-0.05, 0) is 21.0 Å². The van der Waals surface area contributed by atoms with Gasteiger partial charge in [-0.25, -0.2) is 0 Å². The number of likely N-dealkylation sites (N-methyl/N-ethyl adjacent to an activating group) is 1. The second-order valence-corrected chi connectivity index (χ2v) is 1.98. The molecule has 10 heavy (non-hydrogen) atoms. The van der Waals surface area contributed by atoms with E-state index < -0.39 is 5.97 Å². The number of nitrogens with zero attached hydrogens (tertiary/aromatic N) is 1. The first-order valence-electron chi connectivity index (χ1n) is 2.78. The number of nitrogens with two attached hydrogens (primary N) is 2. The van der Waals surface area contributed by atoms with E-state index in [1.54, 1.807) is 25.9 Å². The van der Waals surface area contributed by atoms with E-state index in [1.807, 2.05) is 0 Å². The van der Waals surface area contributed by atoms with Crippen LogP contribution in [0.1, 0.15) is 6.92 Å². The third-order valence-corrected chi connectivity index (χ3v) is 1.13. The Labute approximate surface area is 60.6 Å². The smallest absolute Gasteiger partial charge is 0.320 e. The van der Waals surface area contributed by atoms with E-state index in [4.69, 9.17) is 5.11 Å². The molecule has 0 aromatic heterocycles. The van der Waals surface area contributed by atoms with E-state index in [1.165, 1.54) is 0 Å². The Kier molecular flexibility index (Phi) is 7.81. The molecule has 0 amide bonds. The number of hydrogen-bond acceptors (Lipinski definition) is 4. The van der Waals surface area contributed by atoms with E-state index in [-0.39, 0.29) is 6.04 Å². The minimum absolute atomic E-state index is 0.380. The third kappa shape index (κ3) is 5.49. The van der Waals surface area contributed by atoms with Gasteiger partial charge in [-0.15, -0.1) is 0 Å². The Balaban J connectivity index is 0. The molecule has 0 saturated heterocycles. The predicted molar refractivity (Wildman–Crippen MR) is 39.2 cm³/mol. The number of carboxylic acids is 1. The Hall–Kier alpha value is -0.650. The topological polar surface area (TPSA) is 92.6 Å². The molecule has 1 atom stereocenters. The fourth-order valence-corrected chi connectivity index (χ4v) is 0.221. The van der Waals surface area contributed by atoms with Crippen LogP contribution in [0.4, 0.5) is 0 Å². The fourth-order valence-electron chi connectivity index (χ4n) is 0.221. The number of hydrazine groups is 1. The Morgan fingerprint density at radius 3 is 1.80 bits per heavy atom. The summed E-state index contributed by atoms with van der Waals surface area (Å²) in [6.45, 7) is 1.64. The summed E-state index contributed by atoms with van der Waals surface area (Å²) in [5, 5.41) is 8.31. The molecule has 0 spiro atoms. The SMILES string of the molecule is CC(C(=O)O)N(C)C.NN. The highest BCUT2D eigenvalue weighted by molar-refractivity contribution is 5.72. The number of rotatable bonds is 2. The van der Waals surface area contributed by atoms with Crippen molar-refractivity contribution >= 4 is 5.97 Å². The first-order chi connectivity index (χ1) is 4.55. The number of carbonyl (C=O) groups is 1. The molecule has 0 aliphatic heterocycles. The zero-order chi connectivity index (χ0) is 8.73. The van der Waals surface area contributed by atoms with Crippen LogP contribution in [0, 0.1) is 0 Å². The second-order valence-electron chi connectivity index (χ2n) is 1.98. The van der Waals surface area contributed by atoms with Crippen molar-refractivity contribution in [2.75, 3.05) is 14.1 Å². The predicted octanol–water partition coefficient (Wildman–Crippen LogP) is -1.16. The van der Waals surface area contributed by atoms with Crippen molar-refractivity contribution in [2.24, 2.45) is 11.7 Å². The van der Waals surface area contributed by atoms with Crippen LogP contribution in [0.15, 0.2) is 0 Å². The van der Waals surface area contributed by atoms with Gasteiger partial charge >= 0.3 is 5.97 Å². The molecule has 0 radical (unpaired) electrons. The fraction of sp³-hybridized carbons (Fsp3) is 0.800. The summed E-state index contributed by atoms with van der Waals surface area (Å²) in [4.78, 5) is 11.7. The maximum absolute atomic E-state index is 10.1. The van der Waals surface area contributed by atoms with Gasteiger partial charge in [0.05, 0.1) is 0 Å². The highest BCUT2D eigenvalue weighted by atomic mass is 16.4. The van der Waals surface area contributed by atoms with E-state index >= 15 is 0 Å². The summed E-state index contributed by atoms with van der Waals surface area (Å²) in [6.07, 6.45) is 0. The summed E-state index contributed by atoms with van der Waals surface area (Å²) < 4.78 is 0. The minimum Gasteiger partial charge on any atom is -0.480 e. The molecule has 0 aromatic rings. The van der Waals surface area contributed by atoms with Gasteiger partial charge in [0.1, 0.15) is 6.04 Å². The van der Waals surface area contributed by atoms with Crippen LogP contribution in [0.25, 0.3) is 0 Å². The van der Waals surface area contributed by atoms with E-state index in [0.29, 0.717) is 0 Å². The lowest BCUT2D eigenvalue weighted by Crippen LogP contribution is -2.32. The van der Waals surface area contributed by atoms with Crippen LogP contribution in [-0.4, -0.2) is 36.1 Å². The van der Waals surface area contributed by atoms with Gasteiger partial charge in [-0.3, -0.25) is 21.4 Å². The van der Waals surface area contributed by atoms with Crippen molar-refractivity contribution in [1.29, 1.82) is 0 Å². The highest BCUT2D eigenvalue weighted by Gasteiger charge is 2.11. The van der Waals surface area contributed by atoms with Crippen LogP contribution >= 0.6 is 0 Å². The van der Waals surface area contributed by atoms with Gasteiger partial charge in [0, 0.05) is 0 Å². The molecule has 1 unspecified atom stereocenters. The van der Waals surface area contributed by atoms with Crippen molar-refractivity contribution in [3.8, 4) is 0 Å². The summed E-state index contributed by atoms with van der Waals surface area (Å²) >= 11 is 0. The number of aliphatic carboxylic acids is 1. The van der Waals surface area contributed by atoms with E-state index in [9.17, 15) is 4.79 Å². The van der Waals surface area contributed by atoms with E-state index in [0.717, 1.165) is 0 Å². The highest BCUT2D eigenvalue weighted by Crippen LogP contribution is 1.88. The van der Waals surface area contributed by atoms with E-state index in [2.05, 4.69) is 11.7 Å². The summed E-state index contributed by atoms with van der Waals surface area (Å²) in [5.41, 5.74) is 0. The Morgan fingerprint density at radius 2 is 1.80 bits per heavy atom. The molecule has 0 aliphatic carbocycles. The van der Waals surface area contributed by atoms with Crippen LogP contribution < -0.4 is 11.7 Å². The molecule has 62 valence electrons. The van der Waals surface area contributed by atoms with Crippen LogP contribution in [0.3, 0.4) is 0 Å². The van der Waals surface area contributed by atoms with Crippen molar-refractivity contribution in [3.05, 3.63) is 0 Å². The molecule has 5 heteroatoms. The molecule has 0 bridgehead atoms. The average Bonchev–Trinajstić information content (AvgIpc) is 1.90. The molecule has 0 heterocycles. The lowest BCUT2D eigenvalue weighted by Gasteiger charge is -2.13. The molecular formula is C5H15N3O2. The second kappa shape index (κ2) is 6.47. The first-order valence-corrected chi connectivity index (χ1v) is 2.78. The van der Waals surface area contributed by atoms with Gasteiger partial charge in [0.15, 0.2) is 0 Å². The van der Waals surface area contributed by atoms with Crippen molar-refractivity contribution in [2.45, 2.75) is 13.0 Å². The number of carboxylic acid groups (broad SMARTS) is 1. The normalized spacial score (nSPS) is 11.8. The average molecular weight is 149 g/mol. The molecule has 0 aromatic carbocycles. The monoisotopic (exact) mass is 149 g/mol. The van der Waals surface area contributed by atoms with Gasteiger partial charge < -0.3 is 5.11 Å². The zero-order valence-corrected chi connectivity index (χ0v) is 6.53. The molecule has 0 aliphatic rings. The molecule has 5 N–H and O–H groups in total. The maximum atomic E-state index is 10.1. The zero-order valence-electron chi connectivity index (χ0n) is 6.53. The standard InChI is InChI=1S/C5H11NO2.H4N2/c1-4(5(7)8)6(2)3;1-2/h4H,1-3H3,(H,7,8);1-2H2. The largest absolute Gasteiger partial charge is 0.480 e. The van der Waals surface area contributed by atoms with Crippen molar-refractivity contribution < 1.29 is 9.90 Å². The van der Waals surface area contributed by atoms with Crippen LogP contribution in [-0.2, 0) is 4.79 Å². The quantitative estimate of drug-likeness (QED) is 0.340. The van der Waals surface area contributed by atoms with Crippen LogP contribution in [0.5, 0.6) is 0 Å². The molecular weight excluding hydrogens is 134 g/mol. The van der Waals surface area contributed by atoms with Gasteiger partial charge in [-0.1, -0.05) is 0 Å². The lowest BCUT2D eigenvalue weighted by molar-refractivity contribution is -0.141. The molecule has 0 saturated carbocycles. The minimum atomic E-state index is -0.782. The van der Waals surface area contributed by atoms with Crippen molar-refractivity contribution in [1.82, 2.24) is 4.90 Å². The molecule has 0 fully saturated rings. The first kappa shape index (κ1) is 12.1. The third-order valence-electron chi connectivity index (χ3n) is 1.13. The van der Waals surface area contributed by atoms with Crippen LogP contribution in [0.2, 0.25) is 0 Å². The Morgan fingerprint density at radius 1 is 1.50 bits per heavy atom. The van der Waals surface area contributed by atoms with Gasteiger partial charge in [0.25, 0.3) is 0 Å². The summed E-state index contributed by atoms with van der Waals surface area (Å²) in [7, 11) is 3.47. The molecule has 5 nitrogen and oxygen atoms in total. The van der Waals surface area contributed by atoms with Gasteiger partial charge in [-0.2, -0.15) is 0 Å². The summed E-state index contributed by atoms with van der Waals surface area (Å²) in [6, 6.07) is -0.380. The Bertz CT molecular complexity index is 94.9. The van der Waals surface area contributed by atoms with Crippen molar-refractivity contribution in [3.63, 3.8) is 0 Å².